The molecular formula is C26H28Cl2N6O3S. The number of anilines is 2. The lowest BCUT2D eigenvalue weighted by atomic mass is 10.1. The molecule has 200 valence electrons. The molecule has 9 nitrogen and oxygen atoms in total. The molecule has 5 N–H and O–H groups in total. The number of aliphatic hydroxyl groups is 3. The molecule has 38 heavy (non-hydrogen) atoms. The highest BCUT2D eigenvalue weighted by atomic mass is 35.5. The maximum Gasteiger partial charge on any atom is 0.225 e. The standard InChI is InChI=1S/C26H28Cl2N6O3S/c1-12(7-14-3-4-16(27)17(28)8-14)30-26-31-13(2)21(25-33-19-10-29-6-5-20(19)38-25)24(34-26)32-18-9-15(11-35)22(36)23(18)37/h3-6,8,10,12,15,18,22-23,35-37H,7,9,11H2,1-2H3,(H2,30,31,32,34)/t12-,15-,18-,22-,23+/m1/s1. The number of nitrogens with zero attached hydrogens (tertiary/aromatic N) is 4. The Kier molecular flexibility index (Phi) is 7.99. The molecule has 0 aliphatic heterocycles. The van der Waals surface area contributed by atoms with Crippen molar-refractivity contribution in [3.05, 3.63) is 58.0 Å². The van der Waals surface area contributed by atoms with Gasteiger partial charge in [-0.1, -0.05) is 29.3 Å². The van der Waals surface area contributed by atoms with Crippen molar-refractivity contribution in [3.8, 4) is 10.6 Å². The number of aromatic nitrogens is 4. The zero-order chi connectivity index (χ0) is 27.0. The molecule has 1 fully saturated rings. The van der Waals surface area contributed by atoms with Gasteiger partial charge in [0.05, 0.1) is 44.3 Å². The number of aryl methyl sites for hydroxylation is 1. The number of pyridine rings is 1. The van der Waals surface area contributed by atoms with Gasteiger partial charge in [-0.05, 0) is 50.5 Å². The first-order valence-electron chi connectivity index (χ1n) is 12.3. The Morgan fingerprint density at radius 2 is 1.92 bits per heavy atom. The van der Waals surface area contributed by atoms with Crippen LogP contribution >= 0.6 is 34.5 Å². The molecule has 0 saturated heterocycles. The van der Waals surface area contributed by atoms with Gasteiger partial charge in [0, 0.05) is 24.8 Å². The van der Waals surface area contributed by atoms with E-state index in [2.05, 4.69) is 15.6 Å². The summed E-state index contributed by atoms with van der Waals surface area (Å²) in [4.78, 5) is 18.4. The first kappa shape index (κ1) is 27.0. The zero-order valence-electron chi connectivity index (χ0n) is 20.8. The molecule has 1 saturated carbocycles. The van der Waals surface area contributed by atoms with Crippen LogP contribution in [0, 0.1) is 12.8 Å². The summed E-state index contributed by atoms with van der Waals surface area (Å²) in [5, 5.41) is 39.1. The van der Waals surface area contributed by atoms with E-state index in [0.29, 0.717) is 45.9 Å². The van der Waals surface area contributed by atoms with E-state index in [1.54, 1.807) is 18.5 Å². The van der Waals surface area contributed by atoms with Crippen molar-refractivity contribution in [1.82, 2.24) is 19.9 Å². The maximum absolute atomic E-state index is 10.7. The van der Waals surface area contributed by atoms with Gasteiger partial charge in [0.15, 0.2) is 0 Å². The minimum atomic E-state index is -1.06. The van der Waals surface area contributed by atoms with Crippen LogP contribution in [0.1, 0.15) is 24.6 Å². The summed E-state index contributed by atoms with van der Waals surface area (Å²) >= 11 is 13.7. The number of rotatable bonds is 8. The van der Waals surface area contributed by atoms with Crippen LogP contribution in [0.3, 0.4) is 0 Å². The molecule has 0 spiro atoms. The van der Waals surface area contributed by atoms with Crippen molar-refractivity contribution in [3.63, 3.8) is 0 Å². The van der Waals surface area contributed by atoms with Gasteiger partial charge in [-0.25, -0.2) is 9.97 Å². The van der Waals surface area contributed by atoms with Crippen molar-refractivity contribution < 1.29 is 15.3 Å². The van der Waals surface area contributed by atoms with Crippen LogP contribution in [0.5, 0.6) is 0 Å². The normalized spacial score (nSPS) is 22.1. The Bertz CT molecular complexity index is 1420. The number of hydrogen-bond acceptors (Lipinski definition) is 10. The van der Waals surface area contributed by atoms with E-state index in [-0.39, 0.29) is 12.6 Å². The summed E-state index contributed by atoms with van der Waals surface area (Å²) in [5.74, 6) is 0.477. The molecule has 5 rings (SSSR count). The van der Waals surface area contributed by atoms with Gasteiger partial charge in [0.2, 0.25) is 5.95 Å². The van der Waals surface area contributed by atoms with E-state index in [4.69, 9.17) is 38.2 Å². The Hall–Kier alpha value is -2.60. The van der Waals surface area contributed by atoms with E-state index >= 15 is 0 Å². The van der Waals surface area contributed by atoms with E-state index in [1.807, 2.05) is 32.0 Å². The van der Waals surface area contributed by atoms with Crippen LogP contribution in [-0.2, 0) is 6.42 Å². The monoisotopic (exact) mass is 574 g/mol. The average molecular weight is 576 g/mol. The highest BCUT2D eigenvalue weighted by molar-refractivity contribution is 7.21. The highest BCUT2D eigenvalue weighted by Crippen LogP contribution is 2.38. The van der Waals surface area contributed by atoms with Gasteiger partial charge in [-0.15, -0.1) is 11.3 Å². The third-order valence-electron chi connectivity index (χ3n) is 6.75. The average Bonchev–Trinajstić information content (AvgIpc) is 3.42. The van der Waals surface area contributed by atoms with Crippen LogP contribution in [0.15, 0.2) is 36.7 Å². The summed E-state index contributed by atoms with van der Waals surface area (Å²) < 4.78 is 0.981. The van der Waals surface area contributed by atoms with Crippen LogP contribution < -0.4 is 10.6 Å². The number of hydrogen-bond donors (Lipinski definition) is 5. The smallest absolute Gasteiger partial charge is 0.225 e. The van der Waals surface area contributed by atoms with Gasteiger partial charge in [0.25, 0.3) is 0 Å². The Morgan fingerprint density at radius 1 is 1.11 bits per heavy atom. The lowest BCUT2D eigenvalue weighted by molar-refractivity contribution is 0.00446. The van der Waals surface area contributed by atoms with Gasteiger partial charge >= 0.3 is 0 Å². The third kappa shape index (κ3) is 5.56. The van der Waals surface area contributed by atoms with Crippen molar-refractivity contribution in [2.75, 3.05) is 17.2 Å². The second kappa shape index (κ2) is 11.3. The molecule has 0 amide bonds. The molecule has 3 heterocycles. The fraction of sp³-hybridized carbons (Fsp3) is 0.385. The topological polar surface area (TPSA) is 136 Å². The fourth-order valence-corrected chi connectivity index (χ4v) is 6.15. The molecule has 12 heteroatoms. The van der Waals surface area contributed by atoms with Gasteiger partial charge < -0.3 is 26.0 Å². The summed E-state index contributed by atoms with van der Waals surface area (Å²) in [6.45, 7) is 3.69. The van der Waals surface area contributed by atoms with Gasteiger partial charge in [-0.3, -0.25) is 4.98 Å². The molecule has 1 aliphatic rings. The van der Waals surface area contributed by atoms with Crippen LogP contribution in [0.4, 0.5) is 11.8 Å². The third-order valence-corrected chi connectivity index (χ3v) is 8.55. The number of benzene rings is 1. The molecule has 0 bridgehead atoms. The summed E-state index contributed by atoms with van der Waals surface area (Å²) in [6.07, 6.45) is 2.41. The summed E-state index contributed by atoms with van der Waals surface area (Å²) in [5.41, 5.74) is 3.20. The first-order chi connectivity index (χ1) is 18.2. The molecule has 5 atom stereocenters. The number of thiazole rings is 1. The summed E-state index contributed by atoms with van der Waals surface area (Å²) in [7, 11) is 0. The predicted octanol–water partition coefficient (Wildman–Crippen LogP) is 4.32. The van der Waals surface area contributed by atoms with Gasteiger partial charge in [0.1, 0.15) is 22.4 Å². The van der Waals surface area contributed by atoms with E-state index < -0.39 is 24.2 Å². The van der Waals surface area contributed by atoms with Crippen molar-refractivity contribution in [1.29, 1.82) is 0 Å². The maximum atomic E-state index is 10.7. The number of nitrogens with one attached hydrogen (secondary N) is 2. The number of fused-ring (bicyclic) bond motifs is 1. The molecule has 0 unspecified atom stereocenters. The molecule has 1 aliphatic carbocycles. The highest BCUT2D eigenvalue weighted by Gasteiger charge is 2.41. The lowest BCUT2D eigenvalue weighted by Gasteiger charge is -2.22. The van der Waals surface area contributed by atoms with E-state index in [9.17, 15) is 15.3 Å². The second-order valence-corrected chi connectivity index (χ2v) is 11.5. The minimum Gasteiger partial charge on any atom is -0.396 e. The predicted molar refractivity (Wildman–Crippen MR) is 151 cm³/mol. The largest absolute Gasteiger partial charge is 0.396 e. The molecule has 1 aromatic carbocycles. The molecular weight excluding hydrogens is 547 g/mol. The van der Waals surface area contributed by atoms with Gasteiger partial charge in [-0.2, -0.15) is 4.98 Å². The fourth-order valence-electron chi connectivity index (χ4n) is 4.80. The molecule has 3 aromatic heterocycles. The van der Waals surface area contributed by atoms with Crippen LogP contribution in [0.2, 0.25) is 10.0 Å². The summed E-state index contributed by atoms with van der Waals surface area (Å²) in [6, 6.07) is 6.92. The molecule has 0 radical (unpaired) electrons. The molecule has 4 aromatic rings. The van der Waals surface area contributed by atoms with Crippen molar-refractivity contribution >= 4 is 56.5 Å². The van der Waals surface area contributed by atoms with E-state index in [1.165, 1.54) is 11.3 Å². The minimum absolute atomic E-state index is 0.0310. The zero-order valence-corrected chi connectivity index (χ0v) is 23.1. The van der Waals surface area contributed by atoms with Crippen LogP contribution in [-0.4, -0.2) is 66.2 Å². The Balaban J connectivity index is 1.47. The van der Waals surface area contributed by atoms with Crippen molar-refractivity contribution in [2.24, 2.45) is 5.92 Å². The Labute approximate surface area is 233 Å². The van der Waals surface area contributed by atoms with Crippen LogP contribution in [0.25, 0.3) is 20.8 Å². The number of halogens is 2. The Morgan fingerprint density at radius 3 is 2.63 bits per heavy atom. The SMILES string of the molecule is Cc1nc(N[C@H](C)Cc2ccc(Cl)c(Cl)c2)nc(N[C@@H]2C[C@H](CO)[C@@H](O)[C@H]2O)c1-c1nc2cnccc2s1. The lowest BCUT2D eigenvalue weighted by Crippen LogP contribution is -2.36. The van der Waals surface area contributed by atoms with E-state index in [0.717, 1.165) is 20.8 Å². The number of aliphatic hydroxyl groups excluding tert-OH is 3. The first-order valence-corrected chi connectivity index (χ1v) is 13.8. The quantitative estimate of drug-likeness (QED) is 0.208. The van der Waals surface area contributed by atoms with Crippen molar-refractivity contribution in [2.45, 2.75) is 51.0 Å². The second-order valence-electron chi connectivity index (χ2n) is 9.63.